The van der Waals surface area contributed by atoms with Gasteiger partial charge in [0, 0.05) is 28.4 Å². The topological polar surface area (TPSA) is 63.2 Å². The van der Waals surface area contributed by atoms with Crippen LogP contribution in [0.1, 0.15) is 5.56 Å². The molecule has 2 aromatic heterocycles. The molecule has 0 atom stereocenters. The van der Waals surface area contributed by atoms with E-state index in [0.29, 0.717) is 21.9 Å². The minimum atomic E-state index is 0.448. The van der Waals surface area contributed by atoms with E-state index in [4.69, 9.17) is 16.3 Å². The van der Waals surface area contributed by atoms with Crippen molar-refractivity contribution in [3.05, 3.63) is 71.4 Å². The summed E-state index contributed by atoms with van der Waals surface area (Å²) in [4.78, 5) is 4.36. The van der Waals surface area contributed by atoms with Crippen molar-refractivity contribution in [3.63, 3.8) is 0 Å². The number of hydrogen-bond acceptors (Lipinski definition) is 4. The van der Waals surface area contributed by atoms with Gasteiger partial charge in [-0.1, -0.05) is 23.7 Å². The zero-order valence-corrected chi connectivity index (χ0v) is 14.6. The number of methoxy groups -OCH3 is 1. The molecule has 0 radical (unpaired) electrons. The summed E-state index contributed by atoms with van der Waals surface area (Å²) in [7, 11) is 1.63. The second-order valence-electron chi connectivity index (χ2n) is 5.67. The molecule has 6 heteroatoms. The maximum Gasteiger partial charge on any atom is 0.156 e. The Balaban J connectivity index is 1.91. The summed E-state index contributed by atoms with van der Waals surface area (Å²) >= 11 is 5.99. The van der Waals surface area contributed by atoms with E-state index in [-0.39, 0.29) is 0 Å². The molecule has 0 saturated carbocycles. The fourth-order valence-electron chi connectivity index (χ4n) is 2.80. The van der Waals surface area contributed by atoms with Gasteiger partial charge in [-0.05, 0) is 36.4 Å². The Labute approximate surface area is 155 Å². The van der Waals surface area contributed by atoms with Gasteiger partial charge in [0.05, 0.1) is 24.1 Å². The fourth-order valence-corrected chi connectivity index (χ4v) is 2.93. The number of ether oxygens (including phenoxy) is 1. The third-order valence-corrected chi connectivity index (χ3v) is 4.36. The molecule has 5 nitrogen and oxygen atoms in total. The van der Waals surface area contributed by atoms with Gasteiger partial charge in [-0.2, -0.15) is 10.4 Å². The minimum Gasteiger partial charge on any atom is -0.497 e. The van der Waals surface area contributed by atoms with Gasteiger partial charge >= 0.3 is 0 Å². The second-order valence-corrected chi connectivity index (χ2v) is 6.10. The molecule has 0 bridgehead atoms. The third-order valence-electron chi connectivity index (χ3n) is 4.11. The number of rotatable bonds is 3. The Hall–Kier alpha value is -3.36. The summed E-state index contributed by atoms with van der Waals surface area (Å²) in [5.41, 5.74) is 4.36. The highest BCUT2D eigenvalue weighted by molar-refractivity contribution is 6.30. The molecule has 0 aliphatic heterocycles. The molecule has 126 valence electrons. The van der Waals surface area contributed by atoms with Gasteiger partial charge in [0.1, 0.15) is 11.8 Å². The number of nitrogens with zero attached hydrogens (tertiary/aromatic N) is 4. The maximum atomic E-state index is 9.50. The predicted molar refractivity (Wildman–Crippen MR) is 100 cm³/mol. The van der Waals surface area contributed by atoms with Crippen molar-refractivity contribution in [2.24, 2.45) is 0 Å². The predicted octanol–water partition coefficient (Wildman–Crippen LogP) is 4.60. The zero-order chi connectivity index (χ0) is 18.1. The van der Waals surface area contributed by atoms with E-state index in [1.807, 2.05) is 42.5 Å². The molecule has 0 aliphatic rings. The number of aromatic nitrogens is 3. The van der Waals surface area contributed by atoms with Gasteiger partial charge in [0.25, 0.3) is 0 Å². The Morgan fingerprint density at radius 3 is 2.38 bits per heavy atom. The largest absolute Gasteiger partial charge is 0.497 e. The van der Waals surface area contributed by atoms with Crippen LogP contribution in [0.25, 0.3) is 28.2 Å². The second kappa shape index (κ2) is 6.51. The van der Waals surface area contributed by atoms with E-state index >= 15 is 0 Å². The first kappa shape index (κ1) is 16.1. The van der Waals surface area contributed by atoms with Crippen LogP contribution in [-0.2, 0) is 0 Å². The van der Waals surface area contributed by atoms with Crippen molar-refractivity contribution in [1.82, 2.24) is 14.6 Å². The van der Waals surface area contributed by atoms with E-state index in [0.717, 1.165) is 22.6 Å². The molecule has 26 heavy (non-hydrogen) atoms. The Bertz CT molecular complexity index is 1130. The lowest BCUT2D eigenvalue weighted by atomic mass is 10.1. The molecule has 2 heterocycles. The van der Waals surface area contributed by atoms with Crippen LogP contribution in [0, 0.1) is 11.3 Å². The molecule has 0 fully saturated rings. The maximum absolute atomic E-state index is 9.50. The van der Waals surface area contributed by atoms with Crippen LogP contribution in [0.5, 0.6) is 5.75 Å². The van der Waals surface area contributed by atoms with Gasteiger partial charge in [0.15, 0.2) is 5.65 Å². The summed E-state index contributed by atoms with van der Waals surface area (Å²) in [6.45, 7) is 0. The van der Waals surface area contributed by atoms with E-state index in [2.05, 4.69) is 16.2 Å². The van der Waals surface area contributed by atoms with Crippen molar-refractivity contribution in [2.75, 3.05) is 7.11 Å². The van der Waals surface area contributed by atoms with Gasteiger partial charge in [-0.3, -0.25) is 0 Å². The molecule has 2 aromatic carbocycles. The zero-order valence-electron chi connectivity index (χ0n) is 13.8. The summed E-state index contributed by atoms with van der Waals surface area (Å²) in [5, 5.41) is 14.8. The van der Waals surface area contributed by atoms with Gasteiger partial charge < -0.3 is 4.74 Å². The first-order valence-electron chi connectivity index (χ1n) is 7.89. The Kier molecular flexibility index (Phi) is 4.04. The SMILES string of the molecule is COc1ccc(-c2cc3ncc(C#N)c(-c4ccc(Cl)cc4)n3n2)cc1. The van der Waals surface area contributed by atoms with Crippen LogP contribution < -0.4 is 4.74 Å². The molecular weight excluding hydrogens is 348 g/mol. The summed E-state index contributed by atoms with van der Waals surface area (Å²) in [6, 6.07) is 19.0. The Morgan fingerprint density at radius 1 is 1.04 bits per heavy atom. The first-order valence-corrected chi connectivity index (χ1v) is 8.26. The number of benzene rings is 2. The highest BCUT2D eigenvalue weighted by Gasteiger charge is 2.14. The van der Waals surface area contributed by atoms with E-state index in [1.54, 1.807) is 30.0 Å². The van der Waals surface area contributed by atoms with Crippen molar-refractivity contribution >= 4 is 17.2 Å². The van der Waals surface area contributed by atoms with Crippen LogP contribution in [-0.4, -0.2) is 21.7 Å². The molecule has 0 unspecified atom stereocenters. The van der Waals surface area contributed by atoms with E-state index in [1.165, 1.54) is 0 Å². The van der Waals surface area contributed by atoms with E-state index < -0.39 is 0 Å². The van der Waals surface area contributed by atoms with Crippen LogP contribution >= 0.6 is 11.6 Å². The lowest BCUT2D eigenvalue weighted by Gasteiger charge is -2.07. The van der Waals surface area contributed by atoms with Crippen molar-refractivity contribution in [2.45, 2.75) is 0 Å². The summed E-state index contributed by atoms with van der Waals surface area (Å²) in [6.07, 6.45) is 1.57. The molecular formula is C20H13ClN4O. The molecule has 0 amide bonds. The molecule has 0 saturated heterocycles. The standard InChI is InChI=1S/C20H13ClN4O/c1-26-17-8-4-13(5-9-17)18-10-19-23-12-15(11-22)20(25(19)24-18)14-2-6-16(21)7-3-14/h2-10,12H,1H3. The average Bonchev–Trinajstić information content (AvgIpc) is 3.12. The number of fused-ring (bicyclic) bond motifs is 1. The quantitative estimate of drug-likeness (QED) is 0.535. The van der Waals surface area contributed by atoms with Crippen LogP contribution in [0.2, 0.25) is 5.02 Å². The van der Waals surface area contributed by atoms with Crippen molar-refractivity contribution in [1.29, 1.82) is 5.26 Å². The van der Waals surface area contributed by atoms with Crippen LogP contribution in [0.4, 0.5) is 0 Å². The van der Waals surface area contributed by atoms with Crippen LogP contribution in [0.3, 0.4) is 0 Å². The number of nitriles is 1. The lowest BCUT2D eigenvalue weighted by Crippen LogP contribution is -1.99. The fraction of sp³-hybridized carbons (Fsp3) is 0.0500. The highest BCUT2D eigenvalue weighted by atomic mass is 35.5. The molecule has 0 spiro atoms. The molecule has 4 aromatic rings. The monoisotopic (exact) mass is 360 g/mol. The highest BCUT2D eigenvalue weighted by Crippen LogP contribution is 2.28. The molecule has 4 rings (SSSR count). The number of hydrogen-bond donors (Lipinski definition) is 0. The van der Waals surface area contributed by atoms with E-state index in [9.17, 15) is 5.26 Å². The lowest BCUT2D eigenvalue weighted by molar-refractivity contribution is 0.415. The minimum absolute atomic E-state index is 0.448. The number of halogens is 1. The normalized spacial score (nSPS) is 10.7. The molecule has 0 N–H and O–H groups in total. The summed E-state index contributed by atoms with van der Waals surface area (Å²) in [5.74, 6) is 0.782. The first-order chi connectivity index (χ1) is 12.7. The van der Waals surface area contributed by atoms with Gasteiger partial charge in [-0.25, -0.2) is 9.50 Å². The average molecular weight is 361 g/mol. The Morgan fingerprint density at radius 2 is 1.73 bits per heavy atom. The van der Waals surface area contributed by atoms with Crippen LogP contribution in [0.15, 0.2) is 60.8 Å². The smallest absolute Gasteiger partial charge is 0.156 e. The van der Waals surface area contributed by atoms with Gasteiger partial charge in [0.2, 0.25) is 0 Å². The summed E-state index contributed by atoms with van der Waals surface area (Å²) < 4.78 is 6.89. The van der Waals surface area contributed by atoms with Gasteiger partial charge in [-0.15, -0.1) is 0 Å². The third kappa shape index (κ3) is 2.77. The van der Waals surface area contributed by atoms with Crippen molar-refractivity contribution < 1.29 is 4.74 Å². The van der Waals surface area contributed by atoms with Crippen molar-refractivity contribution in [3.8, 4) is 34.3 Å². The molecule has 0 aliphatic carbocycles.